The molecule has 4 aromatic rings. The first-order valence-corrected chi connectivity index (χ1v) is 12.1. The standard InChI is InChI=1S/C27H28BrN5O/c1-5-18-8-7-9-19(6-2)25(18)32-26(34)20-15-24(33(4)16-20)23-12-13-29-27(31-23)30-22-11-10-21(28)14-17(22)3/h7-16H,5-6H2,1-4H3,(H,32,34)(H,29,30,31). The zero-order valence-corrected chi connectivity index (χ0v) is 21.4. The van der Waals surface area contributed by atoms with Crippen LogP contribution in [0.25, 0.3) is 11.4 Å². The second kappa shape index (κ2) is 10.2. The van der Waals surface area contributed by atoms with E-state index in [0.29, 0.717) is 11.5 Å². The van der Waals surface area contributed by atoms with Gasteiger partial charge in [0.1, 0.15) is 0 Å². The topological polar surface area (TPSA) is 71.8 Å². The fourth-order valence-corrected chi connectivity index (χ4v) is 4.46. The molecule has 0 saturated heterocycles. The van der Waals surface area contributed by atoms with Gasteiger partial charge < -0.3 is 15.2 Å². The van der Waals surface area contributed by atoms with E-state index in [4.69, 9.17) is 0 Å². The summed E-state index contributed by atoms with van der Waals surface area (Å²) in [5, 5.41) is 6.43. The maximum Gasteiger partial charge on any atom is 0.257 e. The maximum atomic E-state index is 13.1. The number of hydrogen-bond donors (Lipinski definition) is 2. The van der Waals surface area contributed by atoms with Gasteiger partial charge in [-0.1, -0.05) is 48.0 Å². The number of benzene rings is 2. The molecule has 1 amide bonds. The summed E-state index contributed by atoms with van der Waals surface area (Å²) in [7, 11) is 1.91. The number of halogens is 1. The molecule has 0 bridgehead atoms. The Morgan fingerprint density at radius 2 is 1.79 bits per heavy atom. The first-order valence-electron chi connectivity index (χ1n) is 11.3. The molecular formula is C27H28BrN5O. The Bertz CT molecular complexity index is 1320. The van der Waals surface area contributed by atoms with Crippen LogP contribution in [0.2, 0.25) is 0 Å². The lowest BCUT2D eigenvalue weighted by Crippen LogP contribution is -2.14. The van der Waals surface area contributed by atoms with E-state index in [-0.39, 0.29) is 5.91 Å². The Morgan fingerprint density at radius 3 is 2.47 bits per heavy atom. The number of para-hydroxylation sites is 1. The molecule has 2 aromatic carbocycles. The van der Waals surface area contributed by atoms with Crippen molar-refractivity contribution < 1.29 is 4.79 Å². The number of amides is 1. The molecule has 174 valence electrons. The van der Waals surface area contributed by atoms with Crippen molar-refractivity contribution >= 4 is 39.2 Å². The third-order valence-corrected chi connectivity index (χ3v) is 6.35. The molecule has 2 heterocycles. The second-order valence-electron chi connectivity index (χ2n) is 8.19. The predicted octanol–water partition coefficient (Wildman–Crippen LogP) is 6.67. The normalized spacial score (nSPS) is 10.9. The number of rotatable bonds is 7. The van der Waals surface area contributed by atoms with Gasteiger partial charge in [0.25, 0.3) is 5.91 Å². The zero-order chi connectivity index (χ0) is 24.2. The SMILES string of the molecule is CCc1cccc(CC)c1NC(=O)c1cc(-c2ccnc(Nc3ccc(Br)cc3C)n2)n(C)c1. The van der Waals surface area contributed by atoms with Gasteiger partial charge in [0.2, 0.25) is 5.95 Å². The van der Waals surface area contributed by atoms with Crippen LogP contribution >= 0.6 is 15.9 Å². The number of anilines is 3. The van der Waals surface area contributed by atoms with Gasteiger partial charge in [0, 0.05) is 35.3 Å². The number of aromatic nitrogens is 3. The third kappa shape index (κ3) is 5.04. The van der Waals surface area contributed by atoms with Crippen LogP contribution < -0.4 is 10.6 Å². The molecule has 2 aromatic heterocycles. The van der Waals surface area contributed by atoms with Gasteiger partial charge in [-0.25, -0.2) is 9.97 Å². The lowest BCUT2D eigenvalue weighted by molar-refractivity contribution is 0.102. The maximum absolute atomic E-state index is 13.1. The largest absolute Gasteiger partial charge is 0.348 e. The van der Waals surface area contributed by atoms with Gasteiger partial charge in [-0.05, 0) is 66.8 Å². The van der Waals surface area contributed by atoms with E-state index in [1.54, 1.807) is 6.20 Å². The van der Waals surface area contributed by atoms with Crippen LogP contribution in [0.5, 0.6) is 0 Å². The van der Waals surface area contributed by atoms with Gasteiger partial charge in [-0.3, -0.25) is 4.79 Å². The van der Waals surface area contributed by atoms with Crippen molar-refractivity contribution in [1.29, 1.82) is 0 Å². The summed E-state index contributed by atoms with van der Waals surface area (Å²) in [5.74, 6) is 0.370. The van der Waals surface area contributed by atoms with Crippen LogP contribution in [0, 0.1) is 6.92 Å². The first kappa shape index (κ1) is 23.7. The fraction of sp³-hybridized carbons (Fsp3) is 0.222. The van der Waals surface area contributed by atoms with E-state index in [9.17, 15) is 4.79 Å². The predicted molar refractivity (Wildman–Crippen MR) is 142 cm³/mol. The van der Waals surface area contributed by atoms with Crippen LogP contribution in [0.15, 0.2) is 65.4 Å². The first-order chi connectivity index (χ1) is 16.4. The van der Waals surface area contributed by atoms with Crippen LogP contribution in [0.1, 0.15) is 40.9 Å². The monoisotopic (exact) mass is 517 g/mol. The summed E-state index contributed by atoms with van der Waals surface area (Å²) in [6.45, 7) is 6.22. The van der Waals surface area contributed by atoms with Crippen LogP contribution in [-0.2, 0) is 19.9 Å². The quantitative estimate of drug-likeness (QED) is 0.287. The number of hydrogen-bond acceptors (Lipinski definition) is 4. The minimum atomic E-state index is -0.129. The lowest BCUT2D eigenvalue weighted by atomic mass is 10.0. The molecule has 0 aliphatic rings. The van der Waals surface area contributed by atoms with Crippen LogP contribution in [-0.4, -0.2) is 20.4 Å². The van der Waals surface area contributed by atoms with E-state index in [2.05, 4.69) is 62.5 Å². The Kier molecular flexibility index (Phi) is 7.12. The van der Waals surface area contributed by atoms with E-state index in [1.165, 1.54) is 0 Å². The molecule has 0 aliphatic heterocycles. The van der Waals surface area contributed by atoms with Crippen LogP contribution in [0.4, 0.5) is 17.3 Å². The van der Waals surface area contributed by atoms with E-state index >= 15 is 0 Å². The summed E-state index contributed by atoms with van der Waals surface area (Å²) >= 11 is 3.49. The van der Waals surface area contributed by atoms with Gasteiger partial charge in [-0.15, -0.1) is 0 Å². The summed E-state index contributed by atoms with van der Waals surface area (Å²) in [6, 6.07) is 15.9. The Balaban J connectivity index is 1.59. The molecule has 0 aliphatic carbocycles. The fourth-order valence-electron chi connectivity index (χ4n) is 3.98. The molecule has 0 unspecified atom stereocenters. The minimum absolute atomic E-state index is 0.129. The Morgan fingerprint density at radius 1 is 1.06 bits per heavy atom. The number of nitrogens with one attached hydrogen (secondary N) is 2. The van der Waals surface area contributed by atoms with Crippen molar-refractivity contribution in [3.8, 4) is 11.4 Å². The number of aryl methyl sites for hydroxylation is 4. The Hall–Kier alpha value is -3.45. The highest BCUT2D eigenvalue weighted by Crippen LogP contribution is 2.27. The number of carbonyl (C=O) groups is 1. The zero-order valence-electron chi connectivity index (χ0n) is 19.8. The summed E-state index contributed by atoms with van der Waals surface area (Å²) < 4.78 is 2.94. The minimum Gasteiger partial charge on any atom is -0.348 e. The molecule has 7 heteroatoms. The highest BCUT2D eigenvalue weighted by Gasteiger charge is 2.16. The van der Waals surface area contributed by atoms with Crippen molar-refractivity contribution in [2.45, 2.75) is 33.6 Å². The van der Waals surface area contributed by atoms with Gasteiger partial charge in [-0.2, -0.15) is 0 Å². The lowest BCUT2D eigenvalue weighted by Gasteiger charge is -2.13. The van der Waals surface area contributed by atoms with Crippen molar-refractivity contribution in [3.05, 3.63) is 87.7 Å². The molecule has 34 heavy (non-hydrogen) atoms. The molecule has 0 radical (unpaired) electrons. The average Bonchev–Trinajstić information content (AvgIpc) is 3.23. The third-order valence-electron chi connectivity index (χ3n) is 5.86. The molecule has 2 N–H and O–H groups in total. The summed E-state index contributed by atoms with van der Waals surface area (Å²) in [6.07, 6.45) is 5.27. The van der Waals surface area contributed by atoms with Crippen molar-refractivity contribution in [2.24, 2.45) is 7.05 Å². The molecule has 0 saturated carbocycles. The molecule has 0 atom stereocenters. The summed E-state index contributed by atoms with van der Waals surface area (Å²) in [5.41, 5.74) is 7.37. The van der Waals surface area contributed by atoms with Gasteiger partial charge in [0.15, 0.2) is 0 Å². The van der Waals surface area contributed by atoms with E-state index < -0.39 is 0 Å². The number of nitrogens with zero attached hydrogens (tertiary/aromatic N) is 3. The Labute approximate surface area is 208 Å². The van der Waals surface area contributed by atoms with E-state index in [0.717, 1.165) is 56.8 Å². The summed E-state index contributed by atoms with van der Waals surface area (Å²) in [4.78, 5) is 22.2. The highest BCUT2D eigenvalue weighted by molar-refractivity contribution is 9.10. The molecular weight excluding hydrogens is 490 g/mol. The molecule has 6 nitrogen and oxygen atoms in total. The average molecular weight is 518 g/mol. The smallest absolute Gasteiger partial charge is 0.257 e. The second-order valence-corrected chi connectivity index (χ2v) is 9.10. The van der Waals surface area contributed by atoms with Gasteiger partial charge in [0.05, 0.1) is 17.0 Å². The molecule has 0 fully saturated rings. The van der Waals surface area contributed by atoms with E-state index in [1.807, 2.05) is 61.1 Å². The van der Waals surface area contributed by atoms with Crippen LogP contribution in [0.3, 0.4) is 0 Å². The number of carbonyl (C=O) groups excluding carboxylic acids is 1. The van der Waals surface area contributed by atoms with Crippen molar-refractivity contribution in [1.82, 2.24) is 14.5 Å². The van der Waals surface area contributed by atoms with Gasteiger partial charge >= 0.3 is 0 Å². The highest BCUT2D eigenvalue weighted by atomic mass is 79.9. The van der Waals surface area contributed by atoms with Crippen molar-refractivity contribution in [3.63, 3.8) is 0 Å². The molecule has 4 rings (SSSR count). The van der Waals surface area contributed by atoms with Crippen molar-refractivity contribution in [2.75, 3.05) is 10.6 Å². The molecule has 0 spiro atoms.